The number of rotatable bonds is 7. The van der Waals surface area contributed by atoms with Gasteiger partial charge in [-0.15, -0.1) is 0 Å². The van der Waals surface area contributed by atoms with E-state index in [1.165, 1.54) is 32.2 Å². The van der Waals surface area contributed by atoms with Crippen LogP contribution in [-0.4, -0.2) is 50.3 Å². The van der Waals surface area contributed by atoms with Crippen LogP contribution in [0.15, 0.2) is 0 Å². The highest BCUT2D eigenvalue weighted by Gasteiger charge is 2.20. The zero-order valence-corrected chi connectivity index (χ0v) is 11.2. The average molecular weight is 228 g/mol. The Morgan fingerprint density at radius 1 is 1.44 bits per heavy atom. The Hall–Kier alpha value is -0.120. The van der Waals surface area contributed by atoms with E-state index in [0.717, 1.165) is 19.8 Å². The second kappa shape index (κ2) is 8.04. The topological polar surface area (TPSA) is 24.5 Å². The number of nitrogens with one attached hydrogen (secondary N) is 1. The molecule has 2 atom stereocenters. The van der Waals surface area contributed by atoms with Gasteiger partial charge in [0.15, 0.2) is 0 Å². The molecule has 0 aliphatic carbocycles. The third-order valence-electron chi connectivity index (χ3n) is 3.65. The molecule has 1 saturated heterocycles. The van der Waals surface area contributed by atoms with Crippen molar-refractivity contribution in [2.75, 3.05) is 33.4 Å². The molecule has 1 aliphatic rings. The van der Waals surface area contributed by atoms with E-state index in [0.29, 0.717) is 12.1 Å². The summed E-state index contributed by atoms with van der Waals surface area (Å²) in [6.07, 6.45) is 5.16. The molecular formula is C13H28N2O. The Balaban J connectivity index is 2.10. The Labute approximate surface area is 101 Å². The maximum absolute atomic E-state index is 5.51. The number of ether oxygens (including phenoxy) is 1. The minimum atomic E-state index is 0.659. The highest BCUT2D eigenvalue weighted by molar-refractivity contribution is 4.73. The molecule has 0 aromatic rings. The maximum Gasteiger partial charge on any atom is 0.0622 e. The summed E-state index contributed by atoms with van der Waals surface area (Å²) in [4.78, 5) is 2.60. The van der Waals surface area contributed by atoms with Crippen molar-refractivity contribution < 1.29 is 4.74 Å². The van der Waals surface area contributed by atoms with E-state index in [9.17, 15) is 0 Å². The van der Waals surface area contributed by atoms with Crippen LogP contribution in [0.25, 0.3) is 0 Å². The summed E-state index contributed by atoms with van der Waals surface area (Å²) in [7, 11) is 2.04. The Kier molecular flexibility index (Phi) is 7.01. The largest absolute Gasteiger partial charge is 0.378 e. The van der Waals surface area contributed by atoms with Crippen molar-refractivity contribution in [3.05, 3.63) is 0 Å². The molecule has 0 spiro atoms. The molecule has 1 N–H and O–H groups in total. The standard InChI is InChI=1S/C13H28N2O/c1-4-13-11-16-10-9-15(13)8-6-5-7-12(2)14-3/h12-14H,4-11H2,1-3H3. The van der Waals surface area contributed by atoms with Crippen LogP contribution in [0.3, 0.4) is 0 Å². The van der Waals surface area contributed by atoms with Crippen LogP contribution in [0.1, 0.15) is 39.5 Å². The monoisotopic (exact) mass is 228 g/mol. The fraction of sp³-hybridized carbons (Fsp3) is 1.00. The zero-order chi connectivity index (χ0) is 11.8. The first-order chi connectivity index (χ1) is 7.77. The molecule has 3 nitrogen and oxygen atoms in total. The Morgan fingerprint density at radius 3 is 2.94 bits per heavy atom. The molecule has 1 rings (SSSR count). The minimum Gasteiger partial charge on any atom is -0.378 e. The lowest BCUT2D eigenvalue weighted by Crippen LogP contribution is -2.45. The van der Waals surface area contributed by atoms with Crippen LogP contribution < -0.4 is 5.32 Å². The summed E-state index contributed by atoms with van der Waals surface area (Å²) in [6, 6.07) is 1.32. The molecular weight excluding hydrogens is 200 g/mol. The van der Waals surface area contributed by atoms with Gasteiger partial charge in [-0.1, -0.05) is 13.3 Å². The lowest BCUT2D eigenvalue weighted by Gasteiger charge is -2.35. The molecule has 0 radical (unpaired) electrons. The summed E-state index contributed by atoms with van der Waals surface area (Å²) in [5.74, 6) is 0. The van der Waals surface area contributed by atoms with Crippen molar-refractivity contribution in [2.45, 2.75) is 51.6 Å². The molecule has 1 aliphatic heterocycles. The number of hydrogen-bond acceptors (Lipinski definition) is 3. The predicted octanol–water partition coefficient (Wildman–Crippen LogP) is 1.88. The summed E-state index contributed by atoms with van der Waals surface area (Å²) in [6.45, 7) is 8.74. The molecule has 0 bridgehead atoms. The van der Waals surface area contributed by atoms with Gasteiger partial charge in [0.1, 0.15) is 0 Å². The van der Waals surface area contributed by atoms with Gasteiger partial charge in [-0.25, -0.2) is 0 Å². The van der Waals surface area contributed by atoms with E-state index >= 15 is 0 Å². The molecule has 96 valence electrons. The van der Waals surface area contributed by atoms with Gasteiger partial charge in [0.05, 0.1) is 13.2 Å². The second-order valence-corrected chi connectivity index (χ2v) is 4.86. The lowest BCUT2D eigenvalue weighted by molar-refractivity contribution is -0.00921. The summed E-state index contributed by atoms with van der Waals surface area (Å²) in [5, 5.41) is 3.29. The maximum atomic E-state index is 5.51. The SMILES string of the molecule is CCC1COCCN1CCCCC(C)NC. The van der Waals surface area contributed by atoms with Crippen LogP contribution in [0.5, 0.6) is 0 Å². The minimum absolute atomic E-state index is 0.659. The van der Waals surface area contributed by atoms with E-state index in [2.05, 4.69) is 24.1 Å². The van der Waals surface area contributed by atoms with Crippen LogP contribution >= 0.6 is 0 Å². The molecule has 0 aromatic heterocycles. The van der Waals surface area contributed by atoms with Gasteiger partial charge in [0, 0.05) is 18.6 Å². The van der Waals surface area contributed by atoms with Crippen LogP contribution in [0.2, 0.25) is 0 Å². The lowest BCUT2D eigenvalue weighted by atomic mass is 10.1. The van der Waals surface area contributed by atoms with Crippen molar-refractivity contribution in [3.8, 4) is 0 Å². The third kappa shape index (κ3) is 4.81. The van der Waals surface area contributed by atoms with Crippen molar-refractivity contribution >= 4 is 0 Å². The van der Waals surface area contributed by atoms with Crippen molar-refractivity contribution in [3.63, 3.8) is 0 Å². The van der Waals surface area contributed by atoms with Crippen LogP contribution in [0.4, 0.5) is 0 Å². The molecule has 0 amide bonds. The highest BCUT2D eigenvalue weighted by Crippen LogP contribution is 2.12. The van der Waals surface area contributed by atoms with Gasteiger partial charge in [-0.05, 0) is 39.8 Å². The fourth-order valence-electron chi connectivity index (χ4n) is 2.27. The van der Waals surface area contributed by atoms with E-state index in [-0.39, 0.29) is 0 Å². The summed E-state index contributed by atoms with van der Waals surface area (Å²) < 4.78 is 5.51. The molecule has 1 fully saturated rings. The molecule has 16 heavy (non-hydrogen) atoms. The Bertz CT molecular complexity index is 175. The van der Waals surface area contributed by atoms with Gasteiger partial charge in [-0.3, -0.25) is 4.90 Å². The highest BCUT2D eigenvalue weighted by atomic mass is 16.5. The zero-order valence-electron chi connectivity index (χ0n) is 11.2. The molecule has 1 heterocycles. The first-order valence-electron chi connectivity index (χ1n) is 6.77. The first kappa shape index (κ1) is 13.9. The van der Waals surface area contributed by atoms with Crippen molar-refractivity contribution in [2.24, 2.45) is 0 Å². The smallest absolute Gasteiger partial charge is 0.0622 e. The van der Waals surface area contributed by atoms with Crippen LogP contribution in [0, 0.1) is 0 Å². The number of hydrogen-bond donors (Lipinski definition) is 1. The normalized spacial score (nSPS) is 24.6. The fourth-order valence-corrected chi connectivity index (χ4v) is 2.27. The average Bonchev–Trinajstić information content (AvgIpc) is 2.34. The summed E-state index contributed by atoms with van der Waals surface area (Å²) >= 11 is 0. The van der Waals surface area contributed by atoms with E-state index in [1.54, 1.807) is 0 Å². The van der Waals surface area contributed by atoms with Gasteiger partial charge < -0.3 is 10.1 Å². The van der Waals surface area contributed by atoms with Gasteiger partial charge >= 0.3 is 0 Å². The predicted molar refractivity (Wildman–Crippen MR) is 68.8 cm³/mol. The van der Waals surface area contributed by atoms with E-state index < -0.39 is 0 Å². The number of unbranched alkanes of at least 4 members (excludes halogenated alkanes) is 1. The van der Waals surface area contributed by atoms with E-state index in [1.807, 2.05) is 7.05 Å². The van der Waals surface area contributed by atoms with Crippen LogP contribution in [-0.2, 0) is 4.74 Å². The quantitative estimate of drug-likeness (QED) is 0.673. The molecule has 0 aromatic carbocycles. The second-order valence-electron chi connectivity index (χ2n) is 4.86. The van der Waals surface area contributed by atoms with Crippen molar-refractivity contribution in [1.29, 1.82) is 0 Å². The van der Waals surface area contributed by atoms with E-state index in [4.69, 9.17) is 4.74 Å². The Morgan fingerprint density at radius 2 is 2.25 bits per heavy atom. The molecule has 0 saturated carbocycles. The third-order valence-corrected chi connectivity index (χ3v) is 3.65. The summed E-state index contributed by atoms with van der Waals surface area (Å²) in [5.41, 5.74) is 0. The van der Waals surface area contributed by atoms with Crippen molar-refractivity contribution in [1.82, 2.24) is 10.2 Å². The van der Waals surface area contributed by atoms with Gasteiger partial charge in [0.2, 0.25) is 0 Å². The number of nitrogens with zero attached hydrogens (tertiary/aromatic N) is 1. The molecule has 2 unspecified atom stereocenters. The van der Waals surface area contributed by atoms with Gasteiger partial charge in [0.25, 0.3) is 0 Å². The number of morpholine rings is 1. The first-order valence-corrected chi connectivity index (χ1v) is 6.77. The van der Waals surface area contributed by atoms with Gasteiger partial charge in [-0.2, -0.15) is 0 Å². The molecule has 3 heteroatoms.